The number of para-hydroxylation sites is 2. The summed E-state index contributed by atoms with van der Waals surface area (Å²) < 4.78 is 5.62. The molecule has 0 unspecified atom stereocenters. The molecule has 128 valence electrons. The highest BCUT2D eigenvalue weighted by Crippen LogP contribution is 2.37. The average Bonchev–Trinajstić information content (AvgIpc) is 2.63. The predicted octanol–water partition coefficient (Wildman–Crippen LogP) is 3.13. The molecule has 0 aliphatic carbocycles. The van der Waals surface area contributed by atoms with E-state index in [-0.39, 0.29) is 24.3 Å². The SMILES string of the molecule is O=C(C[C@H]1Sc2ccccc2NC1=O)N[C@@H]1CCOc2ccccc21. The molecule has 0 saturated heterocycles. The van der Waals surface area contributed by atoms with Gasteiger partial charge in [-0.1, -0.05) is 30.3 Å². The van der Waals surface area contributed by atoms with Gasteiger partial charge in [0.1, 0.15) is 5.75 Å². The second-order valence-electron chi connectivity index (χ2n) is 6.09. The quantitative estimate of drug-likeness (QED) is 0.889. The number of amides is 2. The molecule has 5 nitrogen and oxygen atoms in total. The first-order valence-electron chi connectivity index (χ1n) is 8.28. The minimum Gasteiger partial charge on any atom is -0.493 e. The summed E-state index contributed by atoms with van der Waals surface area (Å²) in [6.45, 7) is 0.577. The molecule has 4 rings (SSSR count). The van der Waals surface area contributed by atoms with Gasteiger partial charge in [-0.15, -0.1) is 11.8 Å². The van der Waals surface area contributed by atoms with E-state index in [0.29, 0.717) is 6.61 Å². The van der Waals surface area contributed by atoms with Crippen molar-refractivity contribution >= 4 is 29.3 Å². The van der Waals surface area contributed by atoms with Gasteiger partial charge in [0, 0.05) is 23.3 Å². The lowest BCUT2D eigenvalue weighted by Gasteiger charge is -2.28. The number of thioether (sulfide) groups is 1. The molecule has 2 aromatic carbocycles. The number of carbonyl (C=O) groups excluding carboxylic acids is 2. The van der Waals surface area contributed by atoms with Gasteiger partial charge in [0.2, 0.25) is 11.8 Å². The molecule has 0 saturated carbocycles. The van der Waals surface area contributed by atoms with Crippen molar-refractivity contribution in [3.63, 3.8) is 0 Å². The van der Waals surface area contributed by atoms with Gasteiger partial charge < -0.3 is 15.4 Å². The summed E-state index contributed by atoms with van der Waals surface area (Å²) in [4.78, 5) is 25.7. The van der Waals surface area contributed by atoms with Crippen LogP contribution in [0.2, 0.25) is 0 Å². The second-order valence-corrected chi connectivity index (χ2v) is 7.34. The molecule has 2 aromatic rings. The lowest BCUT2D eigenvalue weighted by Crippen LogP contribution is -2.37. The van der Waals surface area contributed by atoms with E-state index in [2.05, 4.69) is 10.6 Å². The minimum atomic E-state index is -0.412. The molecular weight excluding hydrogens is 336 g/mol. The fourth-order valence-corrected chi connectivity index (χ4v) is 4.25. The molecule has 2 aliphatic rings. The van der Waals surface area contributed by atoms with E-state index in [1.807, 2.05) is 48.5 Å². The Balaban J connectivity index is 1.43. The third-order valence-corrected chi connectivity index (χ3v) is 5.65. The first kappa shape index (κ1) is 16.0. The first-order valence-corrected chi connectivity index (χ1v) is 9.16. The molecule has 2 amide bonds. The number of benzene rings is 2. The molecule has 2 atom stereocenters. The van der Waals surface area contributed by atoms with Crippen LogP contribution < -0.4 is 15.4 Å². The fourth-order valence-electron chi connectivity index (χ4n) is 3.14. The standard InChI is InChI=1S/C19H18N2O3S/c22-18(20-13-9-10-24-15-7-3-1-5-12(13)15)11-17-19(23)21-14-6-2-4-8-16(14)25-17/h1-8,13,17H,9-11H2,(H,20,22)(H,21,23)/t13-,17-/m1/s1. The highest BCUT2D eigenvalue weighted by molar-refractivity contribution is 8.01. The number of ether oxygens (including phenoxy) is 1. The number of hydrogen-bond acceptors (Lipinski definition) is 4. The summed E-state index contributed by atoms with van der Waals surface area (Å²) in [6, 6.07) is 15.3. The van der Waals surface area contributed by atoms with Crippen LogP contribution in [-0.2, 0) is 9.59 Å². The number of anilines is 1. The van der Waals surface area contributed by atoms with Crippen LogP contribution in [0.5, 0.6) is 5.75 Å². The van der Waals surface area contributed by atoms with Crippen LogP contribution in [0.15, 0.2) is 53.4 Å². The summed E-state index contributed by atoms with van der Waals surface area (Å²) in [5, 5.41) is 5.52. The van der Waals surface area contributed by atoms with E-state index in [0.717, 1.165) is 28.3 Å². The van der Waals surface area contributed by atoms with E-state index in [1.165, 1.54) is 11.8 Å². The molecule has 0 fully saturated rings. The first-order chi connectivity index (χ1) is 12.2. The predicted molar refractivity (Wildman–Crippen MR) is 96.8 cm³/mol. The maximum Gasteiger partial charge on any atom is 0.238 e. The maximum atomic E-state index is 12.5. The monoisotopic (exact) mass is 354 g/mol. The Bertz CT molecular complexity index is 824. The smallest absolute Gasteiger partial charge is 0.238 e. The van der Waals surface area contributed by atoms with Gasteiger partial charge in [0.25, 0.3) is 0 Å². The minimum absolute atomic E-state index is 0.0682. The number of carbonyl (C=O) groups is 2. The highest BCUT2D eigenvalue weighted by atomic mass is 32.2. The molecule has 0 radical (unpaired) electrons. The Morgan fingerprint density at radius 2 is 2.00 bits per heavy atom. The van der Waals surface area contributed by atoms with Gasteiger partial charge in [-0.3, -0.25) is 9.59 Å². The van der Waals surface area contributed by atoms with E-state index in [4.69, 9.17) is 4.74 Å². The number of hydrogen-bond donors (Lipinski definition) is 2. The summed E-state index contributed by atoms with van der Waals surface area (Å²) in [5.74, 6) is 0.581. The van der Waals surface area contributed by atoms with Gasteiger partial charge in [0.05, 0.1) is 23.6 Å². The normalized spacial score (nSPS) is 21.4. The van der Waals surface area contributed by atoms with Crippen molar-refractivity contribution in [3.8, 4) is 5.75 Å². The summed E-state index contributed by atoms with van der Waals surface area (Å²) in [7, 11) is 0. The van der Waals surface area contributed by atoms with E-state index >= 15 is 0 Å². The molecule has 0 spiro atoms. The van der Waals surface area contributed by atoms with Gasteiger partial charge >= 0.3 is 0 Å². The topological polar surface area (TPSA) is 67.4 Å². The summed E-state index contributed by atoms with van der Waals surface area (Å²) >= 11 is 1.44. The van der Waals surface area contributed by atoms with Crippen molar-refractivity contribution in [1.29, 1.82) is 0 Å². The zero-order chi connectivity index (χ0) is 17.2. The largest absolute Gasteiger partial charge is 0.493 e. The Morgan fingerprint density at radius 3 is 2.92 bits per heavy atom. The van der Waals surface area contributed by atoms with Gasteiger partial charge in [-0.25, -0.2) is 0 Å². The van der Waals surface area contributed by atoms with Crippen LogP contribution in [0.25, 0.3) is 0 Å². The van der Waals surface area contributed by atoms with E-state index < -0.39 is 5.25 Å². The summed E-state index contributed by atoms with van der Waals surface area (Å²) in [5.41, 5.74) is 1.81. The van der Waals surface area contributed by atoms with Crippen LogP contribution in [0.3, 0.4) is 0 Å². The van der Waals surface area contributed by atoms with Crippen molar-refractivity contribution in [3.05, 3.63) is 54.1 Å². The Labute approximate surface area is 150 Å². The third kappa shape index (κ3) is 3.35. The van der Waals surface area contributed by atoms with Crippen molar-refractivity contribution in [2.45, 2.75) is 29.0 Å². The van der Waals surface area contributed by atoms with E-state index in [9.17, 15) is 9.59 Å². The van der Waals surface area contributed by atoms with Crippen LogP contribution in [0.1, 0.15) is 24.4 Å². The second kappa shape index (κ2) is 6.80. The Morgan fingerprint density at radius 1 is 1.20 bits per heavy atom. The lowest BCUT2D eigenvalue weighted by atomic mass is 10.0. The summed E-state index contributed by atoms with van der Waals surface area (Å²) in [6.07, 6.45) is 0.889. The molecule has 2 N–H and O–H groups in total. The van der Waals surface area contributed by atoms with Crippen molar-refractivity contribution in [2.24, 2.45) is 0 Å². The average molecular weight is 354 g/mol. The van der Waals surface area contributed by atoms with Gasteiger partial charge in [0.15, 0.2) is 0 Å². The maximum absolute atomic E-state index is 12.5. The van der Waals surface area contributed by atoms with E-state index in [1.54, 1.807) is 0 Å². The van der Waals surface area contributed by atoms with Gasteiger partial charge in [-0.05, 0) is 18.2 Å². The Kier molecular flexibility index (Phi) is 4.36. The number of rotatable bonds is 3. The van der Waals surface area contributed by atoms with Crippen molar-refractivity contribution in [2.75, 3.05) is 11.9 Å². The Hall–Kier alpha value is -2.47. The molecule has 2 aliphatic heterocycles. The number of nitrogens with one attached hydrogen (secondary N) is 2. The molecule has 0 bridgehead atoms. The van der Waals surface area contributed by atoms with Crippen molar-refractivity contribution in [1.82, 2.24) is 5.32 Å². The fraction of sp³-hybridized carbons (Fsp3) is 0.263. The number of fused-ring (bicyclic) bond motifs is 2. The van der Waals surface area contributed by atoms with Crippen LogP contribution >= 0.6 is 11.8 Å². The lowest BCUT2D eigenvalue weighted by molar-refractivity contribution is -0.124. The van der Waals surface area contributed by atoms with Crippen LogP contribution in [0, 0.1) is 0 Å². The molecule has 25 heavy (non-hydrogen) atoms. The molecule has 6 heteroatoms. The van der Waals surface area contributed by atoms with Gasteiger partial charge in [-0.2, -0.15) is 0 Å². The zero-order valence-electron chi connectivity index (χ0n) is 13.5. The molecule has 2 heterocycles. The zero-order valence-corrected chi connectivity index (χ0v) is 14.3. The van der Waals surface area contributed by atoms with Crippen LogP contribution in [-0.4, -0.2) is 23.7 Å². The highest BCUT2D eigenvalue weighted by Gasteiger charge is 2.30. The molecular formula is C19H18N2O3S. The third-order valence-electron chi connectivity index (χ3n) is 4.37. The molecule has 0 aromatic heterocycles. The van der Waals surface area contributed by atoms with Crippen LogP contribution in [0.4, 0.5) is 5.69 Å². The van der Waals surface area contributed by atoms with Crippen molar-refractivity contribution < 1.29 is 14.3 Å².